The zero-order valence-corrected chi connectivity index (χ0v) is 11.2. The second-order valence-corrected chi connectivity index (χ2v) is 5.90. The van der Waals surface area contributed by atoms with Crippen LogP contribution in [0.2, 0.25) is 0 Å². The Labute approximate surface area is 116 Å². The number of nitriles is 1. The van der Waals surface area contributed by atoms with Crippen molar-refractivity contribution in [1.82, 2.24) is 0 Å². The van der Waals surface area contributed by atoms with E-state index in [4.69, 9.17) is 5.26 Å². The number of benzene rings is 2. The largest absolute Gasteiger partial charge is 0.283 e. The number of hydrogen-bond donors (Lipinski definition) is 1. The molecule has 20 heavy (non-hydrogen) atoms. The summed E-state index contributed by atoms with van der Waals surface area (Å²) in [7, 11) is -3.62. The minimum atomic E-state index is -3.62. The molecule has 0 aromatic heterocycles. The van der Waals surface area contributed by atoms with Crippen LogP contribution < -0.4 is 4.72 Å². The Balaban J connectivity index is 2.13. The summed E-state index contributed by atoms with van der Waals surface area (Å²) >= 11 is 0. The van der Waals surface area contributed by atoms with Crippen LogP contribution in [0.5, 0.6) is 0 Å². The lowest BCUT2D eigenvalue weighted by atomic mass is 10.2. The van der Waals surface area contributed by atoms with Gasteiger partial charge in [0.1, 0.15) is 5.82 Å². The van der Waals surface area contributed by atoms with E-state index < -0.39 is 15.8 Å². The van der Waals surface area contributed by atoms with Crippen LogP contribution in [0, 0.1) is 17.1 Å². The average Bonchev–Trinajstić information content (AvgIpc) is 2.38. The molecule has 0 heterocycles. The third-order valence-electron chi connectivity index (χ3n) is 2.54. The first-order valence-corrected chi connectivity index (χ1v) is 7.39. The Morgan fingerprint density at radius 3 is 2.45 bits per heavy atom. The highest BCUT2D eigenvalue weighted by Crippen LogP contribution is 2.14. The van der Waals surface area contributed by atoms with Crippen molar-refractivity contribution in [3.63, 3.8) is 0 Å². The third-order valence-corrected chi connectivity index (χ3v) is 3.80. The Hall–Kier alpha value is -2.39. The van der Waals surface area contributed by atoms with Crippen molar-refractivity contribution in [1.29, 1.82) is 5.26 Å². The summed E-state index contributed by atoms with van der Waals surface area (Å²) < 4.78 is 39.2. The lowest BCUT2D eigenvalue weighted by Crippen LogP contribution is -2.15. The predicted molar refractivity (Wildman–Crippen MR) is 73.8 cm³/mol. The zero-order valence-electron chi connectivity index (χ0n) is 10.4. The van der Waals surface area contributed by atoms with Crippen LogP contribution in [0.1, 0.15) is 11.1 Å². The molecule has 2 aromatic carbocycles. The van der Waals surface area contributed by atoms with E-state index in [1.807, 2.05) is 6.07 Å². The number of rotatable bonds is 4. The summed E-state index contributed by atoms with van der Waals surface area (Å²) in [5, 5.41) is 8.67. The molecule has 0 amide bonds. The fourth-order valence-corrected chi connectivity index (χ4v) is 2.85. The Bertz CT molecular complexity index is 749. The van der Waals surface area contributed by atoms with Crippen LogP contribution in [-0.2, 0) is 15.8 Å². The zero-order chi connectivity index (χ0) is 14.6. The molecule has 0 fully saturated rings. The van der Waals surface area contributed by atoms with Gasteiger partial charge in [-0.1, -0.05) is 18.2 Å². The second kappa shape index (κ2) is 5.72. The fourth-order valence-electron chi connectivity index (χ4n) is 1.66. The molecule has 0 aliphatic rings. The summed E-state index contributed by atoms with van der Waals surface area (Å²) in [4.78, 5) is 0. The SMILES string of the molecule is N#Cc1ccc(CS(=O)(=O)Nc2cccc(F)c2)cc1. The molecule has 0 saturated heterocycles. The smallest absolute Gasteiger partial charge is 0.236 e. The van der Waals surface area contributed by atoms with Gasteiger partial charge in [-0.25, -0.2) is 12.8 Å². The van der Waals surface area contributed by atoms with Gasteiger partial charge in [0.15, 0.2) is 0 Å². The van der Waals surface area contributed by atoms with Crippen molar-refractivity contribution < 1.29 is 12.8 Å². The number of halogens is 1. The summed E-state index contributed by atoms with van der Waals surface area (Å²) in [6, 6.07) is 13.4. The van der Waals surface area contributed by atoms with Gasteiger partial charge < -0.3 is 0 Å². The molecule has 4 nitrogen and oxygen atoms in total. The lowest BCUT2D eigenvalue weighted by Gasteiger charge is -2.08. The molecule has 0 aliphatic carbocycles. The van der Waals surface area contributed by atoms with Crippen LogP contribution in [0.25, 0.3) is 0 Å². The Morgan fingerprint density at radius 2 is 1.85 bits per heavy atom. The average molecular weight is 290 g/mol. The van der Waals surface area contributed by atoms with Crippen LogP contribution >= 0.6 is 0 Å². The monoisotopic (exact) mass is 290 g/mol. The first-order chi connectivity index (χ1) is 9.48. The van der Waals surface area contributed by atoms with Gasteiger partial charge in [0, 0.05) is 0 Å². The number of anilines is 1. The first kappa shape index (κ1) is 14.0. The Kier molecular flexibility index (Phi) is 4.01. The lowest BCUT2D eigenvalue weighted by molar-refractivity contribution is 0.600. The van der Waals surface area contributed by atoms with Crippen molar-refractivity contribution in [2.75, 3.05) is 4.72 Å². The molecule has 0 aliphatic heterocycles. The molecular formula is C14H11FN2O2S. The van der Waals surface area contributed by atoms with Crippen LogP contribution in [0.15, 0.2) is 48.5 Å². The van der Waals surface area contributed by atoms with E-state index in [0.29, 0.717) is 11.1 Å². The van der Waals surface area contributed by atoms with E-state index in [9.17, 15) is 12.8 Å². The van der Waals surface area contributed by atoms with Crippen molar-refractivity contribution in [2.24, 2.45) is 0 Å². The van der Waals surface area contributed by atoms with Gasteiger partial charge in [0.2, 0.25) is 10.0 Å². The minimum Gasteiger partial charge on any atom is -0.283 e. The normalized spacial score (nSPS) is 10.8. The van der Waals surface area contributed by atoms with Gasteiger partial charge in [-0.3, -0.25) is 4.72 Å². The van der Waals surface area contributed by atoms with Gasteiger partial charge in [0.05, 0.1) is 23.1 Å². The number of hydrogen-bond acceptors (Lipinski definition) is 3. The highest BCUT2D eigenvalue weighted by Gasteiger charge is 2.12. The quantitative estimate of drug-likeness (QED) is 0.941. The molecule has 2 aromatic rings. The standard InChI is InChI=1S/C14H11FN2O2S/c15-13-2-1-3-14(8-13)17-20(18,19)10-12-6-4-11(9-16)5-7-12/h1-8,17H,10H2. The summed E-state index contributed by atoms with van der Waals surface area (Å²) in [5.41, 5.74) is 1.19. The summed E-state index contributed by atoms with van der Waals surface area (Å²) in [6.07, 6.45) is 0. The van der Waals surface area contributed by atoms with E-state index in [2.05, 4.69) is 4.72 Å². The number of sulfonamides is 1. The number of nitrogens with one attached hydrogen (secondary N) is 1. The van der Waals surface area contributed by atoms with Crippen molar-refractivity contribution >= 4 is 15.7 Å². The Morgan fingerprint density at radius 1 is 1.15 bits per heavy atom. The van der Waals surface area contributed by atoms with Crippen LogP contribution in [0.3, 0.4) is 0 Å². The van der Waals surface area contributed by atoms with Gasteiger partial charge in [-0.2, -0.15) is 5.26 Å². The first-order valence-electron chi connectivity index (χ1n) is 5.74. The fraction of sp³-hybridized carbons (Fsp3) is 0.0714. The molecule has 0 bridgehead atoms. The molecule has 2 rings (SSSR count). The van der Waals surface area contributed by atoms with Crippen molar-refractivity contribution in [3.8, 4) is 6.07 Å². The molecule has 1 N–H and O–H groups in total. The predicted octanol–water partition coefficient (Wildman–Crippen LogP) is 2.64. The molecule has 0 radical (unpaired) electrons. The van der Waals surface area contributed by atoms with E-state index in [-0.39, 0.29) is 11.4 Å². The van der Waals surface area contributed by atoms with Gasteiger partial charge in [-0.05, 0) is 35.9 Å². The third kappa shape index (κ3) is 3.80. The van der Waals surface area contributed by atoms with Crippen molar-refractivity contribution in [3.05, 3.63) is 65.5 Å². The summed E-state index contributed by atoms with van der Waals surface area (Å²) in [6.45, 7) is 0. The molecule has 0 unspecified atom stereocenters. The van der Waals surface area contributed by atoms with Crippen molar-refractivity contribution in [2.45, 2.75) is 5.75 Å². The van der Waals surface area contributed by atoms with Gasteiger partial charge in [-0.15, -0.1) is 0 Å². The topological polar surface area (TPSA) is 70.0 Å². The van der Waals surface area contributed by atoms with Crippen LogP contribution in [-0.4, -0.2) is 8.42 Å². The van der Waals surface area contributed by atoms with Gasteiger partial charge >= 0.3 is 0 Å². The van der Waals surface area contributed by atoms with Gasteiger partial charge in [0.25, 0.3) is 0 Å². The summed E-state index contributed by atoms with van der Waals surface area (Å²) in [5.74, 6) is -0.751. The number of nitrogens with zero attached hydrogens (tertiary/aromatic N) is 1. The van der Waals surface area contributed by atoms with E-state index in [1.165, 1.54) is 18.2 Å². The van der Waals surface area contributed by atoms with E-state index in [0.717, 1.165) is 6.07 Å². The molecule has 0 saturated carbocycles. The highest BCUT2D eigenvalue weighted by molar-refractivity contribution is 7.91. The molecule has 0 atom stereocenters. The van der Waals surface area contributed by atoms with E-state index >= 15 is 0 Å². The molecular weight excluding hydrogens is 279 g/mol. The molecule has 6 heteroatoms. The van der Waals surface area contributed by atoms with Crippen LogP contribution in [0.4, 0.5) is 10.1 Å². The minimum absolute atomic E-state index is 0.179. The maximum absolute atomic E-state index is 13.0. The second-order valence-electron chi connectivity index (χ2n) is 4.18. The highest BCUT2D eigenvalue weighted by atomic mass is 32.2. The molecule has 0 spiro atoms. The maximum Gasteiger partial charge on any atom is 0.236 e. The molecule has 102 valence electrons. The van der Waals surface area contributed by atoms with E-state index in [1.54, 1.807) is 24.3 Å². The maximum atomic E-state index is 13.0.